The minimum atomic E-state index is -0.675. The zero-order chi connectivity index (χ0) is 24.6. The molecule has 3 aromatic carbocycles. The summed E-state index contributed by atoms with van der Waals surface area (Å²) in [4.78, 5) is 29.6. The van der Waals surface area contributed by atoms with Gasteiger partial charge in [-0.3, -0.25) is 9.59 Å². The Kier molecular flexibility index (Phi) is 8.11. The molecule has 2 amide bonds. The third-order valence-electron chi connectivity index (χ3n) is 5.84. The zero-order valence-electron chi connectivity index (χ0n) is 19.7. The Labute approximate surface area is 211 Å². The number of benzene rings is 3. The maximum Gasteiger partial charge on any atom is 0.257 e. The lowest BCUT2D eigenvalue weighted by Crippen LogP contribution is -2.48. The van der Waals surface area contributed by atoms with Crippen LogP contribution in [0.3, 0.4) is 0 Å². The van der Waals surface area contributed by atoms with Gasteiger partial charge in [0.15, 0.2) is 5.11 Å². The Balaban J connectivity index is 1.54. The minimum absolute atomic E-state index is 0.0678. The Morgan fingerprint density at radius 2 is 1.66 bits per heavy atom. The first-order valence-electron chi connectivity index (χ1n) is 11.8. The quantitative estimate of drug-likeness (QED) is 0.337. The number of nitrogens with one attached hydrogen (secondary N) is 1. The molecule has 0 saturated carbocycles. The van der Waals surface area contributed by atoms with E-state index in [1.807, 2.05) is 72.5 Å². The first-order valence-corrected chi connectivity index (χ1v) is 12.2. The third-order valence-corrected chi connectivity index (χ3v) is 6.17. The van der Waals surface area contributed by atoms with E-state index in [0.717, 1.165) is 17.7 Å². The third kappa shape index (κ3) is 6.05. The number of hydrogen-bond donors (Lipinski definition) is 1. The maximum absolute atomic E-state index is 13.5. The first-order chi connectivity index (χ1) is 17.1. The number of anilines is 2. The highest BCUT2D eigenvalue weighted by molar-refractivity contribution is 7.80. The smallest absolute Gasteiger partial charge is 0.257 e. The van der Waals surface area contributed by atoms with Crippen molar-refractivity contribution in [1.82, 2.24) is 4.90 Å². The molecule has 0 bridgehead atoms. The van der Waals surface area contributed by atoms with Crippen molar-refractivity contribution in [1.29, 1.82) is 0 Å². The van der Waals surface area contributed by atoms with E-state index >= 15 is 0 Å². The molecular weight excluding hydrogens is 458 g/mol. The van der Waals surface area contributed by atoms with Gasteiger partial charge in [-0.25, -0.2) is 4.90 Å². The van der Waals surface area contributed by atoms with Crippen LogP contribution in [0.15, 0.2) is 84.9 Å². The predicted octanol–water partition coefficient (Wildman–Crippen LogP) is 5.05. The second-order valence-electron chi connectivity index (χ2n) is 8.35. The average molecular weight is 488 g/mol. The molecule has 0 aromatic heterocycles. The minimum Gasteiger partial charge on any atom is -0.494 e. The van der Waals surface area contributed by atoms with Crippen LogP contribution in [0.1, 0.15) is 25.3 Å². The molecule has 0 spiro atoms. The molecule has 0 aliphatic carbocycles. The summed E-state index contributed by atoms with van der Waals surface area (Å²) in [5.41, 5.74) is 2.51. The molecule has 1 fully saturated rings. The first kappa shape index (κ1) is 24.4. The Morgan fingerprint density at radius 3 is 2.31 bits per heavy atom. The molecule has 1 aliphatic rings. The van der Waals surface area contributed by atoms with Crippen molar-refractivity contribution >= 4 is 40.5 Å². The largest absolute Gasteiger partial charge is 0.494 e. The van der Waals surface area contributed by atoms with Gasteiger partial charge >= 0.3 is 0 Å². The van der Waals surface area contributed by atoms with Crippen LogP contribution < -0.4 is 15.0 Å². The van der Waals surface area contributed by atoms with Gasteiger partial charge < -0.3 is 15.0 Å². The highest BCUT2D eigenvalue weighted by atomic mass is 32.1. The van der Waals surface area contributed by atoms with Crippen molar-refractivity contribution in [2.75, 3.05) is 23.4 Å². The number of carbonyl (C=O) groups is 2. The van der Waals surface area contributed by atoms with Crippen molar-refractivity contribution < 1.29 is 14.3 Å². The van der Waals surface area contributed by atoms with Crippen LogP contribution in [-0.4, -0.2) is 41.0 Å². The van der Waals surface area contributed by atoms with E-state index in [1.165, 1.54) is 4.90 Å². The molecule has 180 valence electrons. The monoisotopic (exact) mass is 487 g/mol. The summed E-state index contributed by atoms with van der Waals surface area (Å²) >= 11 is 5.73. The number of rotatable bonds is 9. The SMILES string of the molecule is CCCOc1ccc(N2C(=O)C[C@@H](N(CCc3ccccc3)C(=S)Nc3ccccc3)C2=O)cc1. The predicted molar refractivity (Wildman–Crippen MR) is 143 cm³/mol. The fourth-order valence-corrected chi connectivity index (χ4v) is 4.39. The van der Waals surface area contributed by atoms with Crippen molar-refractivity contribution in [2.24, 2.45) is 0 Å². The van der Waals surface area contributed by atoms with Crippen LogP contribution in [0.4, 0.5) is 11.4 Å². The highest BCUT2D eigenvalue weighted by Gasteiger charge is 2.43. The summed E-state index contributed by atoms with van der Waals surface area (Å²) in [6, 6.07) is 26.0. The van der Waals surface area contributed by atoms with E-state index in [0.29, 0.717) is 36.1 Å². The molecule has 1 atom stereocenters. The number of nitrogens with zero attached hydrogens (tertiary/aromatic N) is 2. The molecule has 0 radical (unpaired) electrons. The molecule has 1 heterocycles. The van der Waals surface area contributed by atoms with E-state index in [-0.39, 0.29) is 18.2 Å². The van der Waals surface area contributed by atoms with Gasteiger partial charge in [-0.1, -0.05) is 55.5 Å². The molecule has 7 heteroatoms. The van der Waals surface area contributed by atoms with E-state index in [4.69, 9.17) is 17.0 Å². The standard InChI is InChI=1S/C28H29N3O3S/c1-2-19-34-24-15-13-23(14-16-24)31-26(32)20-25(27(31)33)30(18-17-21-9-5-3-6-10-21)28(35)29-22-11-7-4-8-12-22/h3-16,25H,2,17-20H2,1H3,(H,29,35)/t25-/m1/s1. The average Bonchev–Trinajstić information content (AvgIpc) is 3.18. The van der Waals surface area contributed by atoms with Crippen molar-refractivity contribution in [3.05, 3.63) is 90.5 Å². The van der Waals surface area contributed by atoms with Crippen LogP contribution in [0.5, 0.6) is 5.75 Å². The zero-order valence-corrected chi connectivity index (χ0v) is 20.5. The Morgan fingerprint density at radius 1 is 1.00 bits per heavy atom. The lowest BCUT2D eigenvalue weighted by Gasteiger charge is -2.30. The second kappa shape index (κ2) is 11.6. The summed E-state index contributed by atoms with van der Waals surface area (Å²) in [7, 11) is 0. The van der Waals surface area contributed by atoms with Gasteiger partial charge in [0, 0.05) is 12.2 Å². The molecule has 1 saturated heterocycles. The summed E-state index contributed by atoms with van der Waals surface area (Å²) in [6.07, 6.45) is 1.67. The fraction of sp³-hybridized carbons (Fsp3) is 0.250. The van der Waals surface area contributed by atoms with Gasteiger partial charge in [0.05, 0.1) is 18.7 Å². The fourth-order valence-electron chi connectivity index (χ4n) is 4.05. The topological polar surface area (TPSA) is 61.9 Å². The summed E-state index contributed by atoms with van der Waals surface area (Å²) in [5, 5.41) is 3.65. The number of carbonyl (C=O) groups excluding carboxylic acids is 2. The van der Waals surface area contributed by atoms with Gasteiger partial charge in [-0.05, 0) is 67.0 Å². The summed E-state index contributed by atoms with van der Waals surface area (Å²) < 4.78 is 5.63. The molecule has 35 heavy (non-hydrogen) atoms. The van der Waals surface area contributed by atoms with Gasteiger partial charge in [0.2, 0.25) is 5.91 Å². The molecule has 1 aliphatic heterocycles. The summed E-state index contributed by atoms with van der Waals surface area (Å²) in [6.45, 7) is 3.16. The second-order valence-corrected chi connectivity index (χ2v) is 8.74. The number of thiocarbonyl (C=S) groups is 1. The number of para-hydroxylation sites is 1. The maximum atomic E-state index is 13.5. The van der Waals surface area contributed by atoms with E-state index < -0.39 is 6.04 Å². The van der Waals surface area contributed by atoms with E-state index in [9.17, 15) is 9.59 Å². The normalized spacial score (nSPS) is 15.2. The Bertz CT molecular complexity index is 1150. The lowest BCUT2D eigenvalue weighted by atomic mass is 10.1. The van der Waals surface area contributed by atoms with Crippen molar-refractivity contribution in [2.45, 2.75) is 32.2 Å². The van der Waals surface area contributed by atoms with Gasteiger partial charge in [-0.2, -0.15) is 0 Å². The number of hydrogen-bond acceptors (Lipinski definition) is 4. The number of imide groups is 1. The molecule has 0 unspecified atom stereocenters. The van der Waals surface area contributed by atoms with Crippen LogP contribution in [0.25, 0.3) is 0 Å². The highest BCUT2D eigenvalue weighted by Crippen LogP contribution is 2.28. The van der Waals surface area contributed by atoms with E-state index in [1.54, 1.807) is 24.3 Å². The number of ether oxygens (including phenoxy) is 1. The van der Waals surface area contributed by atoms with Crippen molar-refractivity contribution in [3.8, 4) is 5.75 Å². The summed E-state index contributed by atoms with van der Waals surface area (Å²) in [5.74, 6) is 0.195. The number of amides is 2. The Hall–Kier alpha value is -3.71. The molecule has 4 rings (SSSR count). The molecule has 6 nitrogen and oxygen atoms in total. The van der Waals surface area contributed by atoms with Gasteiger partial charge in [0.25, 0.3) is 5.91 Å². The van der Waals surface area contributed by atoms with Gasteiger partial charge in [-0.15, -0.1) is 0 Å². The lowest BCUT2D eigenvalue weighted by molar-refractivity contribution is -0.122. The molecule has 1 N–H and O–H groups in total. The van der Waals surface area contributed by atoms with Crippen LogP contribution in [0.2, 0.25) is 0 Å². The molecular formula is C28H29N3O3S. The molecule has 3 aromatic rings. The van der Waals surface area contributed by atoms with Gasteiger partial charge in [0.1, 0.15) is 11.8 Å². The van der Waals surface area contributed by atoms with Crippen LogP contribution in [-0.2, 0) is 16.0 Å². The van der Waals surface area contributed by atoms with Crippen molar-refractivity contribution in [3.63, 3.8) is 0 Å². The van der Waals surface area contributed by atoms with Crippen LogP contribution in [0, 0.1) is 0 Å². The van der Waals surface area contributed by atoms with Crippen LogP contribution >= 0.6 is 12.2 Å². The van der Waals surface area contributed by atoms with E-state index in [2.05, 4.69) is 5.32 Å².